The minimum absolute atomic E-state index is 0.0147. The van der Waals surface area contributed by atoms with Crippen molar-refractivity contribution >= 4 is 5.95 Å². The number of aromatic amines is 1. The SMILES string of the molecule is O=c1[nH]c(NCC[C@H](c2ccc(F)cc2)c2ccco2)nc2c1CCNC2. The largest absolute Gasteiger partial charge is 0.469 e. The highest BCUT2D eigenvalue weighted by molar-refractivity contribution is 5.32. The molecule has 0 fully saturated rings. The second kappa shape index (κ2) is 7.75. The number of rotatable bonds is 6. The van der Waals surface area contributed by atoms with Crippen LogP contribution < -0.4 is 16.2 Å². The van der Waals surface area contributed by atoms with Crippen molar-refractivity contribution in [1.29, 1.82) is 0 Å². The molecule has 3 aromatic rings. The summed E-state index contributed by atoms with van der Waals surface area (Å²) in [6.07, 6.45) is 3.04. The van der Waals surface area contributed by atoms with Crippen molar-refractivity contribution in [2.75, 3.05) is 18.4 Å². The van der Waals surface area contributed by atoms with Gasteiger partial charge in [0.05, 0.1) is 12.0 Å². The minimum Gasteiger partial charge on any atom is -0.469 e. The zero-order chi connectivity index (χ0) is 18.6. The lowest BCUT2D eigenvalue weighted by molar-refractivity contribution is 0.477. The third kappa shape index (κ3) is 3.93. The minimum atomic E-state index is -0.264. The van der Waals surface area contributed by atoms with Gasteiger partial charge in [-0.2, -0.15) is 0 Å². The molecule has 140 valence electrons. The lowest BCUT2D eigenvalue weighted by atomic mass is 9.93. The molecule has 0 saturated carbocycles. The Morgan fingerprint density at radius 1 is 1.26 bits per heavy atom. The third-order valence-electron chi connectivity index (χ3n) is 4.83. The molecule has 4 rings (SSSR count). The second-order valence-electron chi connectivity index (χ2n) is 6.60. The van der Waals surface area contributed by atoms with E-state index < -0.39 is 0 Å². The van der Waals surface area contributed by atoms with E-state index in [0.717, 1.165) is 29.1 Å². The van der Waals surface area contributed by atoms with E-state index in [1.54, 1.807) is 18.4 Å². The number of aromatic nitrogens is 2. The third-order valence-corrected chi connectivity index (χ3v) is 4.83. The van der Waals surface area contributed by atoms with Gasteiger partial charge in [-0.25, -0.2) is 9.37 Å². The average Bonchev–Trinajstić information content (AvgIpc) is 3.21. The predicted molar refractivity (Wildman–Crippen MR) is 100 cm³/mol. The number of nitrogens with one attached hydrogen (secondary N) is 3. The zero-order valence-electron chi connectivity index (χ0n) is 14.8. The molecule has 27 heavy (non-hydrogen) atoms. The Morgan fingerprint density at radius 2 is 2.11 bits per heavy atom. The first-order valence-corrected chi connectivity index (χ1v) is 9.06. The lowest BCUT2D eigenvalue weighted by Crippen LogP contribution is -2.31. The summed E-state index contributed by atoms with van der Waals surface area (Å²) in [4.78, 5) is 19.5. The fourth-order valence-corrected chi connectivity index (χ4v) is 3.45. The zero-order valence-corrected chi connectivity index (χ0v) is 14.8. The number of benzene rings is 1. The molecule has 0 aliphatic carbocycles. The van der Waals surface area contributed by atoms with Crippen LogP contribution in [0, 0.1) is 5.82 Å². The topological polar surface area (TPSA) is 83.0 Å². The molecule has 2 aromatic heterocycles. The van der Waals surface area contributed by atoms with Crippen molar-refractivity contribution < 1.29 is 8.81 Å². The molecule has 0 bridgehead atoms. The Morgan fingerprint density at radius 3 is 2.89 bits per heavy atom. The van der Waals surface area contributed by atoms with Crippen molar-refractivity contribution in [3.63, 3.8) is 0 Å². The number of halogens is 1. The smallest absolute Gasteiger partial charge is 0.255 e. The molecule has 1 atom stereocenters. The van der Waals surface area contributed by atoms with Gasteiger partial charge in [-0.15, -0.1) is 0 Å². The number of H-pyrrole nitrogens is 1. The Balaban J connectivity index is 1.48. The van der Waals surface area contributed by atoms with Gasteiger partial charge < -0.3 is 15.1 Å². The van der Waals surface area contributed by atoms with Gasteiger partial charge in [0.2, 0.25) is 5.95 Å². The lowest BCUT2D eigenvalue weighted by Gasteiger charge is -2.18. The van der Waals surface area contributed by atoms with Crippen LogP contribution in [0.3, 0.4) is 0 Å². The molecular weight excluding hydrogens is 347 g/mol. The summed E-state index contributed by atoms with van der Waals surface area (Å²) in [5, 5.41) is 6.43. The van der Waals surface area contributed by atoms with Crippen LogP contribution >= 0.6 is 0 Å². The molecule has 0 amide bonds. The normalized spacial score (nSPS) is 14.6. The van der Waals surface area contributed by atoms with Crippen molar-refractivity contribution in [3.05, 3.63) is 81.4 Å². The Bertz CT molecular complexity index is 951. The number of nitrogens with zero attached hydrogens (tertiary/aromatic N) is 1. The quantitative estimate of drug-likeness (QED) is 0.623. The second-order valence-corrected chi connectivity index (χ2v) is 6.60. The fraction of sp³-hybridized carbons (Fsp3) is 0.300. The molecule has 7 heteroatoms. The summed E-state index contributed by atoms with van der Waals surface area (Å²) >= 11 is 0. The van der Waals surface area contributed by atoms with Crippen LogP contribution in [0.4, 0.5) is 10.3 Å². The first-order chi connectivity index (χ1) is 13.2. The highest BCUT2D eigenvalue weighted by Gasteiger charge is 2.18. The fourth-order valence-electron chi connectivity index (χ4n) is 3.45. The Hall–Kier alpha value is -2.93. The molecule has 3 heterocycles. The molecule has 0 unspecified atom stereocenters. The highest BCUT2D eigenvalue weighted by atomic mass is 19.1. The molecule has 3 N–H and O–H groups in total. The van der Waals surface area contributed by atoms with Crippen LogP contribution in [0.25, 0.3) is 0 Å². The van der Waals surface area contributed by atoms with E-state index in [4.69, 9.17) is 4.42 Å². The summed E-state index contributed by atoms with van der Waals surface area (Å²) in [5.41, 5.74) is 2.46. The van der Waals surface area contributed by atoms with Crippen molar-refractivity contribution in [2.24, 2.45) is 0 Å². The van der Waals surface area contributed by atoms with E-state index in [-0.39, 0.29) is 17.3 Å². The van der Waals surface area contributed by atoms with Crippen LogP contribution in [0.15, 0.2) is 51.9 Å². The molecule has 1 aromatic carbocycles. The average molecular weight is 368 g/mol. The molecule has 1 aliphatic heterocycles. The molecule has 0 saturated heterocycles. The van der Waals surface area contributed by atoms with Gasteiger partial charge in [-0.05, 0) is 49.2 Å². The summed E-state index contributed by atoms with van der Waals surface area (Å²) in [6, 6.07) is 10.2. The van der Waals surface area contributed by atoms with Crippen LogP contribution in [0.2, 0.25) is 0 Å². The van der Waals surface area contributed by atoms with E-state index in [1.807, 2.05) is 12.1 Å². The van der Waals surface area contributed by atoms with Crippen molar-refractivity contribution in [2.45, 2.75) is 25.3 Å². The van der Waals surface area contributed by atoms with Crippen LogP contribution in [0.1, 0.15) is 34.9 Å². The number of fused-ring (bicyclic) bond motifs is 1. The molecule has 0 spiro atoms. The number of anilines is 1. The first kappa shape index (κ1) is 17.5. The van der Waals surface area contributed by atoms with Gasteiger partial charge in [0, 0.05) is 24.6 Å². The highest BCUT2D eigenvalue weighted by Crippen LogP contribution is 2.28. The maximum absolute atomic E-state index is 13.3. The first-order valence-electron chi connectivity index (χ1n) is 9.06. The standard InChI is InChI=1S/C20H21FN4O2/c21-14-5-3-13(4-6-14)15(18-2-1-11-27-18)8-10-23-20-24-17-12-22-9-7-16(17)19(26)25-20/h1-6,11,15,22H,7-10,12H2,(H2,23,24,25,26)/t15-/m1/s1. The summed E-state index contributed by atoms with van der Waals surface area (Å²) in [5.74, 6) is 1.01. The predicted octanol–water partition coefficient (Wildman–Crippen LogP) is 2.78. The van der Waals surface area contributed by atoms with Crippen LogP contribution in [0.5, 0.6) is 0 Å². The van der Waals surface area contributed by atoms with Crippen molar-refractivity contribution in [3.8, 4) is 0 Å². The van der Waals surface area contributed by atoms with Crippen molar-refractivity contribution in [1.82, 2.24) is 15.3 Å². The van der Waals surface area contributed by atoms with E-state index in [2.05, 4.69) is 20.6 Å². The summed E-state index contributed by atoms with van der Waals surface area (Å²) < 4.78 is 18.8. The van der Waals surface area contributed by atoms with Gasteiger partial charge in [-0.1, -0.05) is 12.1 Å². The summed E-state index contributed by atoms with van der Waals surface area (Å²) in [6.45, 7) is 1.99. The van der Waals surface area contributed by atoms with Gasteiger partial charge in [0.25, 0.3) is 5.56 Å². The number of hydrogen-bond donors (Lipinski definition) is 3. The van der Waals surface area contributed by atoms with E-state index in [1.165, 1.54) is 12.1 Å². The van der Waals surface area contributed by atoms with Crippen LogP contribution in [-0.4, -0.2) is 23.1 Å². The molecule has 0 radical (unpaired) electrons. The van der Waals surface area contributed by atoms with E-state index in [9.17, 15) is 9.18 Å². The number of hydrogen-bond acceptors (Lipinski definition) is 5. The van der Waals surface area contributed by atoms with Gasteiger partial charge in [-0.3, -0.25) is 9.78 Å². The van der Waals surface area contributed by atoms with Gasteiger partial charge in [0.15, 0.2) is 0 Å². The maximum atomic E-state index is 13.3. The van der Waals surface area contributed by atoms with Crippen LogP contribution in [-0.2, 0) is 13.0 Å². The summed E-state index contributed by atoms with van der Waals surface area (Å²) in [7, 11) is 0. The molecular formula is C20H21FN4O2. The Labute approximate surface area is 155 Å². The Kier molecular flexibility index (Phi) is 5.02. The molecule has 1 aliphatic rings. The van der Waals surface area contributed by atoms with Gasteiger partial charge >= 0.3 is 0 Å². The maximum Gasteiger partial charge on any atom is 0.255 e. The number of furan rings is 1. The monoisotopic (exact) mass is 368 g/mol. The van der Waals surface area contributed by atoms with Gasteiger partial charge in [0.1, 0.15) is 11.6 Å². The van der Waals surface area contributed by atoms with E-state index in [0.29, 0.717) is 31.9 Å². The van der Waals surface area contributed by atoms with E-state index >= 15 is 0 Å². The molecule has 6 nitrogen and oxygen atoms in total.